The van der Waals surface area contributed by atoms with Gasteiger partial charge in [0, 0.05) is 23.0 Å². The fourth-order valence-corrected chi connectivity index (χ4v) is 5.93. The van der Waals surface area contributed by atoms with Crippen molar-refractivity contribution in [2.75, 3.05) is 20.2 Å². The highest BCUT2D eigenvalue weighted by Crippen LogP contribution is 2.57. The number of benzene rings is 1. The lowest BCUT2D eigenvalue weighted by molar-refractivity contribution is -0.257. The third-order valence-electron chi connectivity index (χ3n) is 7.37. The summed E-state index contributed by atoms with van der Waals surface area (Å²) in [6, 6.07) is 11.7. The van der Waals surface area contributed by atoms with Gasteiger partial charge in [0.25, 0.3) is 0 Å². The normalized spacial score (nSPS) is 23.2. The number of carbonyl (C=O) groups is 2. The van der Waals surface area contributed by atoms with E-state index in [1.807, 2.05) is 0 Å². The highest BCUT2D eigenvalue weighted by atomic mass is 16.5. The monoisotopic (exact) mass is 447 g/mol. The van der Waals surface area contributed by atoms with Crippen LogP contribution in [0.15, 0.2) is 53.2 Å². The van der Waals surface area contributed by atoms with Crippen LogP contribution in [0.1, 0.15) is 54.0 Å². The number of para-hydroxylation sites is 1. The molecule has 0 aliphatic carbocycles. The second-order valence-electron chi connectivity index (χ2n) is 8.88. The smallest absolute Gasteiger partial charge is 0.354 e. The van der Waals surface area contributed by atoms with E-state index in [1.54, 1.807) is 0 Å². The standard InChI is InChI=1S/C21H24N2O2.C5H4O3/c1-3-21-10-6-11-22-12-9-15-14-7-4-5-8-16(14)23(18(15)19(21)22)17(13-21)20(24)25-2;6-5(7)4-2-1-3-8-4/h4-5,7-8,13,19H,3,6,9-12H2,1-2H3;1-3H,(H,6,7)/p-1/t19-,21+;/m1./s1. The molecule has 3 aliphatic heterocycles. The molecule has 5 heterocycles. The predicted molar refractivity (Wildman–Crippen MR) is 121 cm³/mol. The first-order valence-corrected chi connectivity index (χ1v) is 11.4. The number of nitrogens with zero attached hydrogens (tertiary/aromatic N) is 2. The van der Waals surface area contributed by atoms with E-state index in [0.29, 0.717) is 11.7 Å². The Morgan fingerprint density at radius 2 is 2.03 bits per heavy atom. The second-order valence-corrected chi connectivity index (χ2v) is 8.88. The quantitative estimate of drug-likeness (QED) is 0.572. The Hall–Kier alpha value is -3.32. The summed E-state index contributed by atoms with van der Waals surface area (Å²) in [7, 11) is 1.49. The van der Waals surface area contributed by atoms with Crippen molar-refractivity contribution in [1.82, 2.24) is 9.47 Å². The average molecular weight is 448 g/mol. The number of rotatable bonds is 3. The number of aromatic nitrogens is 1. The minimum atomic E-state index is -1.28. The molecule has 0 N–H and O–H groups in total. The molecule has 3 aromatic rings. The number of piperidine rings is 1. The summed E-state index contributed by atoms with van der Waals surface area (Å²) >= 11 is 0. The summed E-state index contributed by atoms with van der Waals surface area (Å²) in [5, 5.41) is 11.2. The highest BCUT2D eigenvalue weighted by molar-refractivity contribution is 6.13. The fraction of sp³-hybridized carbons (Fsp3) is 0.385. The van der Waals surface area contributed by atoms with Crippen molar-refractivity contribution in [2.45, 2.75) is 38.6 Å². The van der Waals surface area contributed by atoms with Gasteiger partial charge in [0.15, 0.2) is 0 Å². The van der Waals surface area contributed by atoms with E-state index in [0.717, 1.165) is 37.9 Å². The van der Waals surface area contributed by atoms with E-state index in [9.17, 15) is 14.7 Å². The number of furan rings is 1. The van der Waals surface area contributed by atoms with Crippen LogP contribution in [0.5, 0.6) is 0 Å². The Bertz CT molecular complexity index is 1240. The molecular formula is C26H27N2O5-. The summed E-state index contributed by atoms with van der Waals surface area (Å²) < 4.78 is 11.8. The van der Waals surface area contributed by atoms with Crippen molar-refractivity contribution in [3.05, 3.63) is 65.8 Å². The first-order valence-electron chi connectivity index (χ1n) is 11.4. The molecule has 1 fully saturated rings. The molecule has 172 valence electrons. The predicted octanol–water partition coefficient (Wildman–Crippen LogP) is 3.40. The van der Waals surface area contributed by atoms with Gasteiger partial charge in [-0.2, -0.15) is 0 Å². The van der Waals surface area contributed by atoms with Crippen LogP contribution >= 0.6 is 0 Å². The zero-order valence-electron chi connectivity index (χ0n) is 18.9. The van der Waals surface area contributed by atoms with Crippen LogP contribution in [0.2, 0.25) is 0 Å². The molecule has 0 unspecified atom stereocenters. The number of carboxylic acid groups (broad SMARTS) is 1. The van der Waals surface area contributed by atoms with Crippen molar-refractivity contribution in [3.63, 3.8) is 0 Å². The summed E-state index contributed by atoms with van der Waals surface area (Å²) in [5.41, 5.74) is 4.67. The van der Waals surface area contributed by atoms with E-state index in [-0.39, 0.29) is 17.1 Å². The van der Waals surface area contributed by atoms with Crippen molar-refractivity contribution in [2.24, 2.45) is 5.41 Å². The third-order valence-corrected chi connectivity index (χ3v) is 7.37. The fourth-order valence-electron chi connectivity index (χ4n) is 5.93. The molecule has 0 bridgehead atoms. The Balaban J connectivity index is 0.000000243. The van der Waals surface area contributed by atoms with Crippen LogP contribution in [0, 0.1) is 5.41 Å². The van der Waals surface area contributed by atoms with Crippen LogP contribution in [-0.2, 0) is 16.0 Å². The molecule has 1 saturated heterocycles. The summed E-state index contributed by atoms with van der Waals surface area (Å²) in [6.07, 6.45) is 7.98. The zero-order valence-corrected chi connectivity index (χ0v) is 18.9. The number of aromatic carboxylic acids is 1. The number of carboxylic acids is 1. The van der Waals surface area contributed by atoms with E-state index in [2.05, 4.69) is 51.1 Å². The molecule has 2 atom stereocenters. The van der Waals surface area contributed by atoms with Gasteiger partial charge in [-0.25, -0.2) is 4.79 Å². The van der Waals surface area contributed by atoms with Gasteiger partial charge in [-0.05, 0) is 62.1 Å². The van der Waals surface area contributed by atoms with Gasteiger partial charge in [-0.15, -0.1) is 0 Å². The minimum Gasteiger partial charge on any atom is -0.542 e. The maximum Gasteiger partial charge on any atom is 0.354 e. The average Bonchev–Trinajstić information content (AvgIpc) is 3.50. The van der Waals surface area contributed by atoms with Gasteiger partial charge >= 0.3 is 5.97 Å². The van der Waals surface area contributed by atoms with Crippen LogP contribution < -0.4 is 5.11 Å². The SMILES string of the molecule is CC[C@@]12C=C(C(=O)OC)n3c4c(c5ccccc53)CCN(CCC1)[C@H]42.O=C([O-])c1ccco1. The first-order chi connectivity index (χ1) is 16.0. The van der Waals surface area contributed by atoms with E-state index >= 15 is 0 Å². The number of methoxy groups -OCH3 is 1. The van der Waals surface area contributed by atoms with Gasteiger partial charge in [-0.1, -0.05) is 25.1 Å². The molecule has 0 spiro atoms. The van der Waals surface area contributed by atoms with E-state index in [1.165, 1.54) is 48.6 Å². The lowest BCUT2D eigenvalue weighted by Crippen LogP contribution is -2.51. The van der Waals surface area contributed by atoms with Crippen molar-refractivity contribution >= 4 is 28.5 Å². The third kappa shape index (κ3) is 3.30. The van der Waals surface area contributed by atoms with Gasteiger partial charge in [0.1, 0.15) is 17.4 Å². The molecular weight excluding hydrogens is 420 g/mol. The van der Waals surface area contributed by atoms with Gasteiger partial charge in [0.05, 0.1) is 24.9 Å². The Morgan fingerprint density at radius 1 is 1.21 bits per heavy atom. The van der Waals surface area contributed by atoms with Crippen molar-refractivity contribution < 1.29 is 23.8 Å². The largest absolute Gasteiger partial charge is 0.542 e. The maximum atomic E-state index is 12.7. The lowest BCUT2D eigenvalue weighted by atomic mass is 9.66. The van der Waals surface area contributed by atoms with Crippen LogP contribution in [0.25, 0.3) is 16.6 Å². The highest BCUT2D eigenvalue weighted by Gasteiger charge is 2.51. The minimum absolute atomic E-state index is 0.0430. The number of hydrogen-bond acceptors (Lipinski definition) is 6. The molecule has 3 aliphatic rings. The van der Waals surface area contributed by atoms with Gasteiger partial charge in [0.2, 0.25) is 0 Å². The number of ether oxygens (including phenoxy) is 1. The summed E-state index contributed by atoms with van der Waals surface area (Å²) in [4.78, 5) is 25.2. The topological polar surface area (TPSA) is 87.7 Å². The Labute approximate surface area is 192 Å². The molecule has 33 heavy (non-hydrogen) atoms. The van der Waals surface area contributed by atoms with Gasteiger partial charge in [-0.3, -0.25) is 4.90 Å². The summed E-state index contributed by atoms with van der Waals surface area (Å²) in [6.45, 7) is 4.55. The first kappa shape index (κ1) is 21.5. The zero-order chi connectivity index (χ0) is 23.2. The Morgan fingerprint density at radius 3 is 2.70 bits per heavy atom. The van der Waals surface area contributed by atoms with E-state index < -0.39 is 5.97 Å². The van der Waals surface area contributed by atoms with Crippen molar-refractivity contribution in [1.29, 1.82) is 0 Å². The van der Waals surface area contributed by atoms with Gasteiger partial charge < -0.3 is 23.6 Å². The number of hydrogen-bond donors (Lipinski definition) is 0. The van der Waals surface area contributed by atoms with Crippen LogP contribution in [-0.4, -0.2) is 41.6 Å². The molecule has 1 aromatic carbocycles. The maximum absolute atomic E-state index is 12.7. The number of fused-ring (bicyclic) bond motifs is 3. The molecule has 0 saturated carbocycles. The molecule has 7 nitrogen and oxygen atoms in total. The van der Waals surface area contributed by atoms with Crippen molar-refractivity contribution in [3.8, 4) is 0 Å². The number of carbonyl (C=O) groups excluding carboxylic acids is 2. The molecule has 0 amide bonds. The molecule has 0 radical (unpaired) electrons. The summed E-state index contributed by atoms with van der Waals surface area (Å²) in [5.74, 6) is -1.64. The number of esters is 1. The second kappa shape index (κ2) is 8.23. The molecule has 6 rings (SSSR count). The Kier molecular flexibility index (Phi) is 5.37. The van der Waals surface area contributed by atoms with Crippen LogP contribution in [0.4, 0.5) is 0 Å². The molecule has 2 aromatic heterocycles. The van der Waals surface area contributed by atoms with Crippen LogP contribution in [0.3, 0.4) is 0 Å². The molecule has 7 heteroatoms. The van der Waals surface area contributed by atoms with E-state index in [4.69, 9.17) is 4.74 Å². The lowest BCUT2D eigenvalue weighted by Gasteiger charge is -2.53.